The molecule has 0 spiro atoms. The maximum absolute atomic E-state index is 4.61. The van der Waals surface area contributed by atoms with E-state index in [1.807, 2.05) is 27.1 Å². The Hall–Kier alpha value is -2.11. The maximum atomic E-state index is 4.61. The normalized spacial score (nSPS) is 10.7. The van der Waals surface area contributed by atoms with Gasteiger partial charge in [0.2, 0.25) is 0 Å². The second kappa shape index (κ2) is 6.56. The number of nitrogens with zero attached hydrogens (tertiary/aromatic N) is 4. The summed E-state index contributed by atoms with van der Waals surface area (Å²) in [6, 6.07) is 0. The molecule has 0 aliphatic heterocycles. The first-order valence-corrected chi connectivity index (χ1v) is 7.43. The molecule has 0 unspecified atom stereocenters. The predicted molar refractivity (Wildman–Crippen MR) is 86.2 cm³/mol. The molecule has 0 bridgehead atoms. The van der Waals surface area contributed by atoms with Gasteiger partial charge in [-0.15, -0.1) is 0 Å². The van der Waals surface area contributed by atoms with E-state index in [0.717, 1.165) is 53.8 Å². The van der Waals surface area contributed by atoms with Gasteiger partial charge in [0, 0.05) is 31.8 Å². The number of rotatable bonds is 6. The lowest BCUT2D eigenvalue weighted by molar-refractivity contribution is 0.756. The summed E-state index contributed by atoms with van der Waals surface area (Å²) in [7, 11) is 1.91. The molecular weight excluding hydrogens is 264 g/mol. The Kier molecular flexibility index (Phi) is 4.77. The molecule has 0 amide bonds. The quantitative estimate of drug-likeness (QED) is 0.855. The zero-order chi connectivity index (χ0) is 15.4. The molecule has 2 heterocycles. The van der Waals surface area contributed by atoms with Crippen molar-refractivity contribution in [2.75, 3.05) is 17.2 Å². The lowest BCUT2D eigenvalue weighted by atomic mass is 10.2. The first-order chi connectivity index (χ1) is 10.0. The summed E-state index contributed by atoms with van der Waals surface area (Å²) >= 11 is 0. The Balaban J connectivity index is 2.35. The van der Waals surface area contributed by atoms with Gasteiger partial charge in [-0.1, -0.05) is 13.8 Å². The average molecular weight is 288 g/mol. The standard InChI is InChI=1S/C15H24N6/c1-6-8-16-14-10(3)15(19-13(7-2)18-14)17-12-9-21(5)20-11(12)4/h9H,6-8H2,1-5H3,(H2,16,17,18,19). The summed E-state index contributed by atoms with van der Waals surface area (Å²) in [6.07, 6.45) is 3.83. The van der Waals surface area contributed by atoms with Crippen LogP contribution >= 0.6 is 0 Å². The van der Waals surface area contributed by atoms with Crippen LogP contribution in [-0.4, -0.2) is 26.3 Å². The lowest BCUT2D eigenvalue weighted by Gasteiger charge is -2.14. The van der Waals surface area contributed by atoms with Crippen LogP contribution in [0.5, 0.6) is 0 Å². The van der Waals surface area contributed by atoms with E-state index >= 15 is 0 Å². The summed E-state index contributed by atoms with van der Waals surface area (Å²) in [5.41, 5.74) is 2.96. The second-order valence-corrected chi connectivity index (χ2v) is 5.17. The third-order valence-corrected chi connectivity index (χ3v) is 3.32. The SMILES string of the molecule is CCCNc1nc(CC)nc(Nc2cn(C)nc2C)c1C. The number of aromatic nitrogens is 4. The Labute approximate surface area is 126 Å². The zero-order valence-corrected chi connectivity index (χ0v) is 13.5. The molecule has 2 N–H and O–H groups in total. The van der Waals surface area contributed by atoms with Crippen molar-refractivity contribution in [1.82, 2.24) is 19.7 Å². The topological polar surface area (TPSA) is 67.7 Å². The molecule has 0 fully saturated rings. The molecule has 0 aliphatic carbocycles. The van der Waals surface area contributed by atoms with Crippen molar-refractivity contribution in [1.29, 1.82) is 0 Å². The third-order valence-electron chi connectivity index (χ3n) is 3.32. The first kappa shape index (κ1) is 15.3. The molecule has 0 saturated heterocycles. The Morgan fingerprint density at radius 2 is 1.86 bits per heavy atom. The Morgan fingerprint density at radius 3 is 2.43 bits per heavy atom. The monoisotopic (exact) mass is 288 g/mol. The molecule has 0 atom stereocenters. The molecule has 0 saturated carbocycles. The summed E-state index contributed by atoms with van der Waals surface area (Å²) in [5.74, 6) is 2.59. The van der Waals surface area contributed by atoms with Crippen molar-refractivity contribution >= 4 is 17.3 Å². The van der Waals surface area contributed by atoms with E-state index in [1.165, 1.54) is 0 Å². The predicted octanol–water partition coefficient (Wildman–Crippen LogP) is 2.95. The minimum Gasteiger partial charge on any atom is -0.370 e. The van der Waals surface area contributed by atoms with Gasteiger partial charge in [-0.2, -0.15) is 5.10 Å². The van der Waals surface area contributed by atoms with Gasteiger partial charge >= 0.3 is 0 Å². The van der Waals surface area contributed by atoms with E-state index in [1.54, 1.807) is 4.68 Å². The summed E-state index contributed by atoms with van der Waals surface area (Å²) in [4.78, 5) is 9.18. The van der Waals surface area contributed by atoms with E-state index in [-0.39, 0.29) is 0 Å². The second-order valence-electron chi connectivity index (χ2n) is 5.17. The Bertz CT molecular complexity index is 617. The highest BCUT2D eigenvalue weighted by Gasteiger charge is 2.12. The number of aryl methyl sites for hydroxylation is 3. The maximum Gasteiger partial charge on any atom is 0.139 e. The highest BCUT2D eigenvalue weighted by molar-refractivity contribution is 5.65. The molecule has 6 nitrogen and oxygen atoms in total. The molecule has 2 aromatic rings. The van der Waals surface area contributed by atoms with Crippen LogP contribution in [0.2, 0.25) is 0 Å². The van der Waals surface area contributed by atoms with Gasteiger partial charge in [0.25, 0.3) is 0 Å². The highest BCUT2D eigenvalue weighted by Crippen LogP contribution is 2.25. The summed E-state index contributed by atoms with van der Waals surface area (Å²) in [6.45, 7) is 9.13. The fourth-order valence-corrected chi connectivity index (χ4v) is 2.11. The van der Waals surface area contributed by atoms with Crippen molar-refractivity contribution in [3.63, 3.8) is 0 Å². The smallest absolute Gasteiger partial charge is 0.139 e. The van der Waals surface area contributed by atoms with Crippen LogP contribution in [0.15, 0.2) is 6.20 Å². The van der Waals surface area contributed by atoms with Gasteiger partial charge in [0.05, 0.1) is 11.4 Å². The fraction of sp³-hybridized carbons (Fsp3) is 0.533. The number of hydrogen-bond donors (Lipinski definition) is 2. The van der Waals surface area contributed by atoms with E-state index in [0.29, 0.717) is 0 Å². The van der Waals surface area contributed by atoms with Gasteiger partial charge in [-0.3, -0.25) is 4.68 Å². The van der Waals surface area contributed by atoms with E-state index in [4.69, 9.17) is 0 Å². The molecule has 2 aromatic heterocycles. The van der Waals surface area contributed by atoms with Crippen molar-refractivity contribution in [2.45, 2.75) is 40.5 Å². The number of anilines is 3. The van der Waals surface area contributed by atoms with Crippen LogP contribution < -0.4 is 10.6 Å². The van der Waals surface area contributed by atoms with Crippen LogP contribution in [0.25, 0.3) is 0 Å². The van der Waals surface area contributed by atoms with Gasteiger partial charge < -0.3 is 10.6 Å². The van der Waals surface area contributed by atoms with E-state index < -0.39 is 0 Å². The van der Waals surface area contributed by atoms with Gasteiger partial charge in [-0.05, 0) is 20.3 Å². The fourth-order valence-electron chi connectivity index (χ4n) is 2.11. The summed E-state index contributed by atoms with van der Waals surface area (Å²) < 4.78 is 1.80. The lowest BCUT2D eigenvalue weighted by Crippen LogP contribution is -2.10. The minimum absolute atomic E-state index is 0.807. The highest BCUT2D eigenvalue weighted by atomic mass is 15.3. The molecule has 0 aromatic carbocycles. The number of hydrogen-bond acceptors (Lipinski definition) is 5. The molecular formula is C15H24N6. The Morgan fingerprint density at radius 1 is 1.14 bits per heavy atom. The minimum atomic E-state index is 0.807. The van der Waals surface area contributed by atoms with Crippen LogP contribution in [0.3, 0.4) is 0 Å². The van der Waals surface area contributed by atoms with Crippen LogP contribution in [0.4, 0.5) is 17.3 Å². The van der Waals surface area contributed by atoms with Crippen molar-refractivity contribution < 1.29 is 0 Å². The van der Waals surface area contributed by atoms with E-state index in [9.17, 15) is 0 Å². The van der Waals surface area contributed by atoms with E-state index in [2.05, 4.69) is 39.5 Å². The molecule has 21 heavy (non-hydrogen) atoms. The molecule has 0 radical (unpaired) electrons. The van der Waals surface area contributed by atoms with Crippen LogP contribution in [-0.2, 0) is 13.5 Å². The molecule has 114 valence electrons. The average Bonchev–Trinajstić information content (AvgIpc) is 2.77. The summed E-state index contributed by atoms with van der Waals surface area (Å²) in [5, 5.41) is 11.1. The largest absolute Gasteiger partial charge is 0.370 e. The molecule has 0 aliphatic rings. The van der Waals surface area contributed by atoms with Crippen molar-refractivity contribution in [3.05, 3.63) is 23.3 Å². The van der Waals surface area contributed by atoms with Gasteiger partial charge in [0.15, 0.2) is 0 Å². The molecule has 2 rings (SSSR count). The van der Waals surface area contributed by atoms with Crippen molar-refractivity contribution in [2.24, 2.45) is 7.05 Å². The van der Waals surface area contributed by atoms with Crippen molar-refractivity contribution in [3.8, 4) is 0 Å². The van der Waals surface area contributed by atoms with Gasteiger partial charge in [-0.25, -0.2) is 9.97 Å². The first-order valence-electron chi connectivity index (χ1n) is 7.43. The van der Waals surface area contributed by atoms with Crippen LogP contribution in [0, 0.1) is 13.8 Å². The third kappa shape index (κ3) is 3.51. The number of nitrogens with one attached hydrogen (secondary N) is 2. The molecule has 6 heteroatoms. The zero-order valence-electron chi connectivity index (χ0n) is 13.5. The van der Waals surface area contributed by atoms with Crippen LogP contribution in [0.1, 0.15) is 37.4 Å². The van der Waals surface area contributed by atoms with Gasteiger partial charge in [0.1, 0.15) is 17.5 Å².